The zero-order chi connectivity index (χ0) is 15.4. The van der Waals surface area contributed by atoms with Gasteiger partial charge in [0, 0.05) is 26.2 Å². The number of aliphatic carboxylic acids is 1. The van der Waals surface area contributed by atoms with Gasteiger partial charge in [0.25, 0.3) is 0 Å². The summed E-state index contributed by atoms with van der Waals surface area (Å²) in [5, 5.41) is 9.39. The smallest absolute Gasteiger partial charge is 0.321 e. The van der Waals surface area contributed by atoms with Crippen molar-refractivity contribution in [2.24, 2.45) is 5.92 Å². The van der Waals surface area contributed by atoms with Crippen LogP contribution in [-0.2, 0) is 4.79 Å². The molecule has 0 amide bonds. The van der Waals surface area contributed by atoms with E-state index in [9.17, 15) is 9.90 Å². The van der Waals surface area contributed by atoms with Crippen LogP contribution in [-0.4, -0.2) is 55.3 Å². The van der Waals surface area contributed by atoms with Crippen LogP contribution in [0.3, 0.4) is 0 Å². The maximum absolute atomic E-state index is 11.4. The average molecular weight is 292 g/mol. The van der Waals surface area contributed by atoms with Crippen LogP contribution in [0.5, 0.6) is 5.75 Å². The maximum atomic E-state index is 11.4. The Bertz CT molecular complexity index is 482. The minimum Gasteiger partial charge on any atom is -0.495 e. The Morgan fingerprint density at radius 2 is 1.81 bits per heavy atom. The van der Waals surface area contributed by atoms with E-state index in [2.05, 4.69) is 9.80 Å². The van der Waals surface area contributed by atoms with Gasteiger partial charge >= 0.3 is 5.97 Å². The molecule has 0 spiro atoms. The number of hydrogen-bond donors (Lipinski definition) is 1. The van der Waals surface area contributed by atoms with Crippen molar-refractivity contribution in [2.75, 3.05) is 38.2 Å². The van der Waals surface area contributed by atoms with E-state index in [1.807, 2.05) is 38.1 Å². The molecule has 21 heavy (non-hydrogen) atoms. The third-order valence-corrected chi connectivity index (χ3v) is 4.02. The fraction of sp³-hybridized carbons (Fsp3) is 0.562. The highest BCUT2D eigenvalue weighted by molar-refractivity contribution is 5.73. The molecular formula is C16H24N2O3. The molecule has 0 saturated carbocycles. The van der Waals surface area contributed by atoms with E-state index >= 15 is 0 Å². The van der Waals surface area contributed by atoms with Crippen molar-refractivity contribution in [1.29, 1.82) is 0 Å². The monoisotopic (exact) mass is 292 g/mol. The summed E-state index contributed by atoms with van der Waals surface area (Å²) in [4.78, 5) is 15.7. The molecule has 1 saturated heterocycles. The maximum Gasteiger partial charge on any atom is 0.321 e. The van der Waals surface area contributed by atoms with Crippen LogP contribution in [0, 0.1) is 5.92 Å². The number of carboxylic acid groups (broad SMARTS) is 1. The molecule has 0 radical (unpaired) electrons. The summed E-state index contributed by atoms with van der Waals surface area (Å²) in [5.41, 5.74) is 1.08. The van der Waals surface area contributed by atoms with E-state index < -0.39 is 12.0 Å². The minimum absolute atomic E-state index is 0.111. The molecule has 0 aromatic heterocycles. The number of para-hydroxylation sites is 2. The first-order valence-electron chi connectivity index (χ1n) is 7.39. The summed E-state index contributed by atoms with van der Waals surface area (Å²) in [6.07, 6.45) is 0. The van der Waals surface area contributed by atoms with Crippen LogP contribution in [0.1, 0.15) is 13.8 Å². The number of anilines is 1. The molecule has 5 nitrogen and oxygen atoms in total. The molecule has 0 bridgehead atoms. The predicted molar refractivity (Wildman–Crippen MR) is 83.0 cm³/mol. The molecule has 5 heteroatoms. The molecule has 1 aromatic rings. The lowest BCUT2D eigenvalue weighted by molar-refractivity contribution is -0.145. The van der Waals surface area contributed by atoms with E-state index in [1.165, 1.54) is 0 Å². The number of ether oxygens (including phenoxy) is 1. The number of hydrogen-bond acceptors (Lipinski definition) is 4. The Balaban J connectivity index is 2.04. The van der Waals surface area contributed by atoms with E-state index in [1.54, 1.807) is 7.11 Å². The summed E-state index contributed by atoms with van der Waals surface area (Å²) in [5.74, 6) is 0.251. The van der Waals surface area contributed by atoms with Crippen molar-refractivity contribution in [3.8, 4) is 5.75 Å². The molecule has 1 fully saturated rings. The van der Waals surface area contributed by atoms with Gasteiger partial charge in [0.2, 0.25) is 0 Å². The topological polar surface area (TPSA) is 53.0 Å². The number of nitrogens with zero attached hydrogens (tertiary/aromatic N) is 2. The highest BCUT2D eigenvalue weighted by Gasteiger charge is 2.31. The van der Waals surface area contributed by atoms with Gasteiger partial charge in [0.05, 0.1) is 12.8 Å². The SMILES string of the molecule is COc1ccccc1N1CCN(C(C(=O)O)C(C)C)CC1. The Labute approximate surface area is 126 Å². The van der Waals surface area contributed by atoms with Crippen LogP contribution >= 0.6 is 0 Å². The van der Waals surface area contributed by atoms with Gasteiger partial charge in [0.15, 0.2) is 0 Å². The predicted octanol–water partition coefficient (Wildman–Crippen LogP) is 1.93. The van der Waals surface area contributed by atoms with Gasteiger partial charge < -0.3 is 14.7 Å². The zero-order valence-corrected chi connectivity index (χ0v) is 13.0. The van der Waals surface area contributed by atoms with E-state index in [-0.39, 0.29) is 5.92 Å². The number of rotatable bonds is 5. The lowest BCUT2D eigenvalue weighted by atomic mass is 10.0. The lowest BCUT2D eigenvalue weighted by Crippen LogP contribution is -2.54. The number of carbonyl (C=O) groups is 1. The highest BCUT2D eigenvalue weighted by Crippen LogP contribution is 2.28. The van der Waals surface area contributed by atoms with Crippen molar-refractivity contribution in [2.45, 2.75) is 19.9 Å². The highest BCUT2D eigenvalue weighted by atomic mass is 16.5. The second-order valence-electron chi connectivity index (χ2n) is 5.72. The van der Waals surface area contributed by atoms with Gasteiger partial charge in [-0.2, -0.15) is 0 Å². The first-order valence-corrected chi connectivity index (χ1v) is 7.39. The van der Waals surface area contributed by atoms with Crippen molar-refractivity contribution < 1.29 is 14.6 Å². The number of piperazine rings is 1. The molecule has 1 aromatic carbocycles. The summed E-state index contributed by atoms with van der Waals surface area (Å²) in [6, 6.07) is 7.56. The standard InChI is InChI=1S/C16H24N2O3/c1-12(2)15(16(19)20)18-10-8-17(9-11-18)13-6-4-5-7-14(13)21-3/h4-7,12,15H,8-11H2,1-3H3,(H,19,20). The third kappa shape index (κ3) is 3.47. The molecule has 1 atom stereocenters. The summed E-state index contributed by atoms with van der Waals surface area (Å²) in [6.45, 7) is 7.07. The zero-order valence-electron chi connectivity index (χ0n) is 13.0. The quantitative estimate of drug-likeness (QED) is 0.898. The first-order chi connectivity index (χ1) is 10.0. The van der Waals surface area contributed by atoms with Gasteiger partial charge in [-0.3, -0.25) is 9.69 Å². The van der Waals surface area contributed by atoms with Gasteiger partial charge in [-0.1, -0.05) is 26.0 Å². The molecular weight excluding hydrogens is 268 g/mol. The lowest BCUT2D eigenvalue weighted by Gasteiger charge is -2.40. The summed E-state index contributed by atoms with van der Waals surface area (Å²) < 4.78 is 5.40. The van der Waals surface area contributed by atoms with Crippen LogP contribution < -0.4 is 9.64 Å². The molecule has 1 aliphatic heterocycles. The van der Waals surface area contributed by atoms with Crippen molar-refractivity contribution in [3.05, 3.63) is 24.3 Å². The number of carboxylic acids is 1. The second-order valence-corrected chi connectivity index (χ2v) is 5.72. The average Bonchev–Trinajstić information content (AvgIpc) is 2.47. The second kappa shape index (κ2) is 6.80. The van der Waals surface area contributed by atoms with Crippen LogP contribution in [0.15, 0.2) is 24.3 Å². The Morgan fingerprint density at radius 1 is 1.19 bits per heavy atom. The Hall–Kier alpha value is -1.75. The number of benzene rings is 1. The fourth-order valence-electron chi connectivity index (χ4n) is 2.99. The van der Waals surface area contributed by atoms with Crippen LogP contribution in [0.25, 0.3) is 0 Å². The van der Waals surface area contributed by atoms with E-state index in [0.717, 1.165) is 37.6 Å². The molecule has 116 valence electrons. The van der Waals surface area contributed by atoms with Crippen molar-refractivity contribution >= 4 is 11.7 Å². The molecule has 1 N–H and O–H groups in total. The molecule has 2 rings (SSSR count). The third-order valence-electron chi connectivity index (χ3n) is 4.02. The molecule has 0 aliphatic carbocycles. The molecule has 1 unspecified atom stereocenters. The Kier molecular flexibility index (Phi) is 5.07. The van der Waals surface area contributed by atoms with Gasteiger partial charge in [-0.05, 0) is 18.1 Å². The summed E-state index contributed by atoms with van der Waals surface area (Å²) >= 11 is 0. The van der Waals surface area contributed by atoms with Gasteiger partial charge in [-0.25, -0.2) is 0 Å². The minimum atomic E-state index is -0.726. The largest absolute Gasteiger partial charge is 0.495 e. The normalized spacial score (nSPS) is 17.8. The van der Waals surface area contributed by atoms with Crippen LogP contribution in [0.4, 0.5) is 5.69 Å². The van der Waals surface area contributed by atoms with Gasteiger partial charge in [0.1, 0.15) is 11.8 Å². The Morgan fingerprint density at radius 3 is 2.33 bits per heavy atom. The molecule has 1 aliphatic rings. The van der Waals surface area contributed by atoms with Crippen LogP contribution in [0.2, 0.25) is 0 Å². The van der Waals surface area contributed by atoms with E-state index in [4.69, 9.17) is 4.74 Å². The van der Waals surface area contributed by atoms with Crippen molar-refractivity contribution in [1.82, 2.24) is 4.90 Å². The first kappa shape index (κ1) is 15.6. The van der Waals surface area contributed by atoms with Gasteiger partial charge in [-0.15, -0.1) is 0 Å². The summed E-state index contributed by atoms with van der Waals surface area (Å²) in [7, 11) is 1.67. The number of methoxy groups -OCH3 is 1. The molecule has 1 heterocycles. The fourth-order valence-corrected chi connectivity index (χ4v) is 2.99. The van der Waals surface area contributed by atoms with E-state index in [0.29, 0.717) is 0 Å². The van der Waals surface area contributed by atoms with Crippen molar-refractivity contribution in [3.63, 3.8) is 0 Å².